The van der Waals surface area contributed by atoms with Crippen molar-refractivity contribution in [1.29, 1.82) is 0 Å². The van der Waals surface area contributed by atoms with E-state index in [1.165, 1.54) is 30.3 Å². The van der Waals surface area contributed by atoms with Crippen molar-refractivity contribution in [3.63, 3.8) is 0 Å². The molecule has 2 rings (SSSR count). The summed E-state index contributed by atoms with van der Waals surface area (Å²) in [5.74, 6) is -0.718. The summed E-state index contributed by atoms with van der Waals surface area (Å²) >= 11 is 5.81. The Morgan fingerprint density at radius 3 is 2.53 bits per heavy atom. The second-order valence-corrected chi connectivity index (χ2v) is 5.83. The number of nitrogens with one attached hydrogen (secondary N) is 1. The van der Waals surface area contributed by atoms with Gasteiger partial charge in [-0.25, -0.2) is 12.8 Å². The van der Waals surface area contributed by atoms with Crippen LogP contribution in [-0.2, 0) is 10.0 Å². The molecule has 0 heterocycles. The van der Waals surface area contributed by atoms with Crippen molar-refractivity contribution in [3.05, 3.63) is 53.3 Å². The van der Waals surface area contributed by atoms with Gasteiger partial charge in [0.15, 0.2) is 0 Å². The van der Waals surface area contributed by atoms with E-state index in [0.717, 1.165) is 6.07 Å². The number of hydrogen-bond acceptors (Lipinski definition) is 3. The maximum atomic E-state index is 13.5. The zero-order chi connectivity index (χ0) is 14.0. The van der Waals surface area contributed by atoms with E-state index in [1.807, 2.05) is 0 Å². The third-order valence-corrected chi connectivity index (χ3v) is 4.23. The topological polar surface area (TPSA) is 72.2 Å². The zero-order valence-corrected chi connectivity index (χ0v) is 11.2. The van der Waals surface area contributed by atoms with E-state index in [2.05, 4.69) is 4.72 Å². The van der Waals surface area contributed by atoms with Crippen molar-refractivity contribution < 1.29 is 12.8 Å². The van der Waals surface area contributed by atoms with Crippen molar-refractivity contribution in [3.8, 4) is 0 Å². The SMILES string of the molecule is Nc1ccc(F)c(NS(=O)(=O)c2ccccc2Cl)c1. The fourth-order valence-corrected chi connectivity index (χ4v) is 3.06. The molecule has 3 N–H and O–H groups in total. The summed E-state index contributed by atoms with van der Waals surface area (Å²) < 4.78 is 39.8. The number of rotatable bonds is 3. The van der Waals surface area contributed by atoms with Crippen LogP contribution < -0.4 is 10.5 Å². The Morgan fingerprint density at radius 1 is 1.16 bits per heavy atom. The molecule has 0 bridgehead atoms. The maximum absolute atomic E-state index is 13.5. The van der Waals surface area contributed by atoms with Crippen LogP contribution in [0, 0.1) is 5.82 Å². The molecule has 2 aromatic carbocycles. The van der Waals surface area contributed by atoms with Crippen molar-refractivity contribution >= 4 is 33.0 Å². The highest BCUT2D eigenvalue weighted by Gasteiger charge is 2.19. The van der Waals surface area contributed by atoms with Gasteiger partial charge in [0.25, 0.3) is 10.0 Å². The van der Waals surface area contributed by atoms with Crippen molar-refractivity contribution in [2.45, 2.75) is 4.90 Å². The molecule has 100 valence electrons. The monoisotopic (exact) mass is 300 g/mol. The molecule has 7 heteroatoms. The third kappa shape index (κ3) is 2.97. The lowest BCUT2D eigenvalue weighted by Gasteiger charge is -2.10. The first-order valence-electron chi connectivity index (χ1n) is 5.22. The minimum atomic E-state index is -3.96. The van der Waals surface area contributed by atoms with Gasteiger partial charge in [-0.3, -0.25) is 4.72 Å². The standard InChI is InChI=1S/C12H10ClFN2O2S/c13-9-3-1-2-4-12(9)19(17,18)16-11-7-8(15)5-6-10(11)14/h1-7,16H,15H2. The molecule has 0 fully saturated rings. The van der Waals surface area contributed by atoms with Crippen molar-refractivity contribution in [1.82, 2.24) is 0 Å². The molecule has 2 aromatic rings. The van der Waals surface area contributed by atoms with Gasteiger partial charge < -0.3 is 5.73 Å². The quantitative estimate of drug-likeness (QED) is 0.856. The molecule has 0 aliphatic rings. The van der Waals surface area contributed by atoms with Crippen LogP contribution in [0.4, 0.5) is 15.8 Å². The Balaban J connectivity index is 2.43. The van der Waals surface area contributed by atoms with Gasteiger partial charge in [-0.2, -0.15) is 0 Å². The maximum Gasteiger partial charge on any atom is 0.263 e. The average Bonchev–Trinajstić information content (AvgIpc) is 2.34. The molecular weight excluding hydrogens is 291 g/mol. The number of anilines is 2. The predicted molar refractivity (Wildman–Crippen MR) is 73.1 cm³/mol. The van der Waals surface area contributed by atoms with E-state index in [0.29, 0.717) is 0 Å². The summed E-state index contributed by atoms with van der Waals surface area (Å²) in [4.78, 5) is -0.126. The van der Waals surface area contributed by atoms with E-state index in [4.69, 9.17) is 17.3 Å². The summed E-state index contributed by atoms with van der Waals surface area (Å²) in [7, 11) is -3.96. The lowest BCUT2D eigenvalue weighted by atomic mass is 10.3. The van der Waals surface area contributed by atoms with Crippen LogP contribution in [0.15, 0.2) is 47.4 Å². The zero-order valence-electron chi connectivity index (χ0n) is 9.60. The number of sulfonamides is 1. The van der Waals surface area contributed by atoms with Gasteiger partial charge in [0.05, 0.1) is 10.7 Å². The van der Waals surface area contributed by atoms with E-state index >= 15 is 0 Å². The molecule has 0 spiro atoms. The number of nitrogen functional groups attached to an aromatic ring is 1. The largest absolute Gasteiger partial charge is 0.399 e. The lowest BCUT2D eigenvalue weighted by molar-refractivity contribution is 0.598. The van der Waals surface area contributed by atoms with Gasteiger partial charge in [-0.15, -0.1) is 0 Å². The second-order valence-electron chi connectivity index (χ2n) is 3.78. The summed E-state index contributed by atoms with van der Waals surface area (Å²) in [6.07, 6.45) is 0. The fourth-order valence-electron chi connectivity index (χ4n) is 1.48. The Morgan fingerprint density at radius 2 is 1.84 bits per heavy atom. The minimum absolute atomic E-state index is 0.0549. The number of nitrogens with two attached hydrogens (primary N) is 1. The van der Waals surface area contributed by atoms with Gasteiger partial charge in [-0.1, -0.05) is 23.7 Å². The van der Waals surface area contributed by atoms with Crippen LogP contribution in [0.3, 0.4) is 0 Å². The van der Waals surface area contributed by atoms with Gasteiger partial charge in [-0.05, 0) is 30.3 Å². The van der Waals surface area contributed by atoms with Gasteiger partial charge >= 0.3 is 0 Å². The second kappa shape index (κ2) is 5.07. The Labute approximate surface area is 115 Å². The highest BCUT2D eigenvalue weighted by Crippen LogP contribution is 2.25. The number of halogens is 2. The first-order chi connectivity index (χ1) is 8.90. The van der Waals surface area contributed by atoms with Crippen LogP contribution in [0.5, 0.6) is 0 Å². The smallest absolute Gasteiger partial charge is 0.263 e. The number of benzene rings is 2. The number of hydrogen-bond donors (Lipinski definition) is 2. The van der Waals surface area contributed by atoms with E-state index in [1.54, 1.807) is 6.07 Å². The predicted octanol–water partition coefficient (Wildman–Crippen LogP) is 2.86. The molecule has 0 saturated heterocycles. The first kappa shape index (κ1) is 13.6. The van der Waals surface area contributed by atoms with Crippen LogP contribution >= 0.6 is 11.6 Å². The minimum Gasteiger partial charge on any atom is -0.399 e. The average molecular weight is 301 g/mol. The summed E-state index contributed by atoms with van der Waals surface area (Å²) in [6, 6.07) is 9.51. The lowest BCUT2D eigenvalue weighted by Crippen LogP contribution is -2.14. The summed E-state index contributed by atoms with van der Waals surface area (Å²) in [5, 5.41) is 0.0549. The molecular formula is C12H10ClFN2O2S. The van der Waals surface area contributed by atoms with Crippen LogP contribution in [-0.4, -0.2) is 8.42 Å². The van der Waals surface area contributed by atoms with Crippen LogP contribution in [0.2, 0.25) is 5.02 Å². The van der Waals surface area contributed by atoms with Gasteiger partial charge in [0.2, 0.25) is 0 Å². The fraction of sp³-hybridized carbons (Fsp3) is 0. The molecule has 0 amide bonds. The molecule has 0 aliphatic carbocycles. The molecule has 19 heavy (non-hydrogen) atoms. The Kier molecular flexibility index (Phi) is 3.64. The highest BCUT2D eigenvalue weighted by molar-refractivity contribution is 7.92. The van der Waals surface area contributed by atoms with Gasteiger partial charge in [0, 0.05) is 5.69 Å². The normalized spacial score (nSPS) is 11.3. The Bertz CT molecular complexity index is 719. The summed E-state index contributed by atoms with van der Waals surface area (Å²) in [6.45, 7) is 0. The molecule has 0 atom stereocenters. The molecule has 0 radical (unpaired) electrons. The Hall–Kier alpha value is -1.79. The molecule has 0 unspecified atom stereocenters. The highest BCUT2D eigenvalue weighted by atomic mass is 35.5. The van der Waals surface area contributed by atoms with Crippen LogP contribution in [0.1, 0.15) is 0 Å². The molecule has 0 aromatic heterocycles. The van der Waals surface area contributed by atoms with Gasteiger partial charge in [0.1, 0.15) is 10.7 Å². The van der Waals surface area contributed by atoms with Crippen LogP contribution in [0.25, 0.3) is 0 Å². The van der Waals surface area contributed by atoms with Crippen molar-refractivity contribution in [2.24, 2.45) is 0 Å². The third-order valence-electron chi connectivity index (χ3n) is 2.36. The first-order valence-corrected chi connectivity index (χ1v) is 7.08. The molecule has 0 saturated carbocycles. The summed E-state index contributed by atoms with van der Waals surface area (Å²) in [5.41, 5.74) is 5.51. The van der Waals surface area contributed by atoms with E-state index in [9.17, 15) is 12.8 Å². The molecule has 0 aliphatic heterocycles. The van der Waals surface area contributed by atoms with E-state index < -0.39 is 15.8 Å². The van der Waals surface area contributed by atoms with Crippen molar-refractivity contribution in [2.75, 3.05) is 10.5 Å². The van der Waals surface area contributed by atoms with E-state index in [-0.39, 0.29) is 21.3 Å². The molecule has 4 nitrogen and oxygen atoms in total.